The second-order valence-electron chi connectivity index (χ2n) is 7.81. The van der Waals surface area contributed by atoms with Crippen LogP contribution in [0.4, 0.5) is 0 Å². The lowest BCUT2D eigenvalue weighted by Gasteiger charge is -2.28. The molecule has 1 atom stereocenters. The molecule has 0 saturated carbocycles. The molecule has 2 aliphatic heterocycles. The first-order chi connectivity index (χ1) is 16.0. The van der Waals surface area contributed by atoms with E-state index < -0.39 is 5.92 Å². The molecule has 0 saturated heterocycles. The molecule has 8 heteroatoms. The quantitative estimate of drug-likeness (QED) is 0.660. The number of hydrogen-bond acceptors (Lipinski definition) is 7. The molecule has 0 aliphatic carbocycles. The van der Waals surface area contributed by atoms with Gasteiger partial charge in [0.2, 0.25) is 12.7 Å². The van der Waals surface area contributed by atoms with E-state index in [1.165, 1.54) is 0 Å². The molecular weight excluding hydrogens is 422 g/mol. The monoisotopic (exact) mass is 443 g/mol. The van der Waals surface area contributed by atoms with E-state index in [1.54, 1.807) is 23.8 Å². The summed E-state index contributed by atoms with van der Waals surface area (Å²) >= 11 is 0. The molecule has 0 fully saturated rings. The van der Waals surface area contributed by atoms with Gasteiger partial charge in [0, 0.05) is 17.3 Å². The average Bonchev–Trinajstić information content (AvgIpc) is 3.29. The van der Waals surface area contributed by atoms with Crippen LogP contribution in [-0.2, 0) is 6.54 Å². The molecule has 8 nitrogen and oxygen atoms in total. The van der Waals surface area contributed by atoms with E-state index in [1.807, 2.05) is 43.3 Å². The number of benzene rings is 2. The number of allylic oxidation sites excluding steroid dienone is 1. The standard InChI is InChI=1S/C25H21N3O5/c1-14-9-21-23(25(29)28(14)12-15-7-8-19-20(10-15)32-13-31-19)22(17(11-26)24(27)33-21)16-5-3-4-6-18(16)30-2/h3-10,22H,12-13,27H2,1-2H3/t22-/m1/s1. The Labute approximate surface area is 190 Å². The van der Waals surface area contributed by atoms with Crippen molar-refractivity contribution in [3.8, 4) is 29.1 Å². The lowest BCUT2D eigenvalue weighted by Crippen LogP contribution is -2.33. The van der Waals surface area contributed by atoms with E-state index in [4.69, 9.17) is 24.7 Å². The van der Waals surface area contributed by atoms with Gasteiger partial charge in [0.15, 0.2) is 11.5 Å². The zero-order chi connectivity index (χ0) is 23.1. The number of rotatable bonds is 4. The Balaban J connectivity index is 1.67. The number of ether oxygens (including phenoxy) is 4. The molecule has 1 aromatic heterocycles. The molecule has 5 rings (SSSR count). The number of nitriles is 1. The maximum Gasteiger partial charge on any atom is 0.259 e. The van der Waals surface area contributed by atoms with Crippen molar-refractivity contribution in [1.29, 1.82) is 5.26 Å². The van der Waals surface area contributed by atoms with Crippen LogP contribution in [0.3, 0.4) is 0 Å². The third-order valence-electron chi connectivity index (χ3n) is 5.92. The lowest BCUT2D eigenvalue weighted by atomic mass is 9.83. The third kappa shape index (κ3) is 3.34. The highest BCUT2D eigenvalue weighted by molar-refractivity contribution is 5.58. The number of methoxy groups -OCH3 is 1. The zero-order valence-electron chi connectivity index (χ0n) is 18.1. The van der Waals surface area contributed by atoms with E-state index >= 15 is 0 Å². The minimum absolute atomic E-state index is 0.0202. The fourth-order valence-corrected chi connectivity index (χ4v) is 4.32. The number of hydrogen-bond donors (Lipinski definition) is 1. The van der Waals surface area contributed by atoms with Crippen molar-refractivity contribution >= 4 is 0 Å². The summed E-state index contributed by atoms with van der Waals surface area (Å²) < 4.78 is 23.8. The fraction of sp³-hybridized carbons (Fsp3) is 0.200. The van der Waals surface area contributed by atoms with Gasteiger partial charge in [-0.2, -0.15) is 5.26 Å². The first kappa shape index (κ1) is 20.5. The van der Waals surface area contributed by atoms with Gasteiger partial charge >= 0.3 is 0 Å². The molecule has 0 radical (unpaired) electrons. The van der Waals surface area contributed by atoms with Crippen LogP contribution in [0.5, 0.6) is 23.0 Å². The lowest BCUT2D eigenvalue weighted by molar-refractivity contribution is 0.174. The van der Waals surface area contributed by atoms with Crippen LogP contribution >= 0.6 is 0 Å². The van der Waals surface area contributed by atoms with E-state index in [0.29, 0.717) is 46.4 Å². The number of aryl methyl sites for hydroxylation is 1. The summed E-state index contributed by atoms with van der Waals surface area (Å²) in [5.74, 6) is 1.48. The Bertz CT molecular complexity index is 1400. The summed E-state index contributed by atoms with van der Waals surface area (Å²) in [4.78, 5) is 13.8. The fourth-order valence-electron chi connectivity index (χ4n) is 4.32. The third-order valence-corrected chi connectivity index (χ3v) is 5.92. The van der Waals surface area contributed by atoms with Crippen LogP contribution in [0.2, 0.25) is 0 Å². The normalized spacial score (nSPS) is 16.1. The van der Waals surface area contributed by atoms with Gasteiger partial charge in [-0.25, -0.2) is 0 Å². The Morgan fingerprint density at radius 3 is 2.73 bits per heavy atom. The van der Waals surface area contributed by atoms with Gasteiger partial charge in [0.05, 0.1) is 25.1 Å². The molecule has 0 bridgehead atoms. The zero-order valence-corrected chi connectivity index (χ0v) is 18.1. The van der Waals surface area contributed by atoms with Gasteiger partial charge in [-0.05, 0) is 30.7 Å². The number of aromatic nitrogens is 1. The highest BCUT2D eigenvalue weighted by atomic mass is 16.7. The van der Waals surface area contributed by atoms with Gasteiger partial charge in [-0.3, -0.25) is 4.79 Å². The molecule has 2 aromatic carbocycles. The number of fused-ring (bicyclic) bond motifs is 2. The summed E-state index contributed by atoms with van der Waals surface area (Å²) in [6.45, 7) is 2.32. The van der Waals surface area contributed by atoms with Crippen molar-refractivity contribution in [1.82, 2.24) is 4.57 Å². The van der Waals surface area contributed by atoms with Crippen molar-refractivity contribution in [2.75, 3.05) is 13.9 Å². The van der Waals surface area contributed by atoms with Crippen LogP contribution in [0.25, 0.3) is 0 Å². The molecule has 3 heterocycles. The molecule has 166 valence electrons. The highest BCUT2D eigenvalue weighted by Gasteiger charge is 2.36. The predicted octanol–water partition coefficient (Wildman–Crippen LogP) is 3.16. The van der Waals surface area contributed by atoms with Gasteiger partial charge in [-0.1, -0.05) is 24.3 Å². The van der Waals surface area contributed by atoms with Gasteiger partial charge < -0.3 is 29.2 Å². The van der Waals surface area contributed by atoms with E-state index in [2.05, 4.69) is 6.07 Å². The minimum Gasteiger partial charge on any atom is -0.496 e. The van der Waals surface area contributed by atoms with E-state index in [-0.39, 0.29) is 23.8 Å². The van der Waals surface area contributed by atoms with Crippen molar-refractivity contribution in [2.24, 2.45) is 5.73 Å². The van der Waals surface area contributed by atoms with Crippen LogP contribution in [-0.4, -0.2) is 18.5 Å². The number of nitrogens with zero attached hydrogens (tertiary/aromatic N) is 2. The molecule has 33 heavy (non-hydrogen) atoms. The predicted molar refractivity (Wildman–Crippen MR) is 119 cm³/mol. The second-order valence-corrected chi connectivity index (χ2v) is 7.81. The van der Waals surface area contributed by atoms with Gasteiger partial charge in [0.25, 0.3) is 5.56 Å². The molecule has 2 N–H and O–H groups in total. The smallest absolute Gasteiger partial charge is 0.259 e. The minimum atomic E-state index is -0.717. The van der Waals surface area contributed by atoms with Crippen molar-refractivity contribution in [3.05, 3.63) is 92.7 Å². The summed E-state index contributed by atoms with van der Waals surface area (Å²) in [5.41, 5.74) is 8.59. The van der Waals surface area contributed by atoms with Crippen molar-refractivity contribution < 1.29 is 18.9 Å². The Morgan fingerprint density at radius 1 is 1.15 bits per heavy atom. The second kappa shape index (κ2) is 7.95. The molecule has 2 aliphatic rings. The first-order valence-electron chi connectivity index (χ1n) is 10.3. The maximum absolute atomic E-state index is 13.8. The Morgan fingerprint density at radius 2 is 1.94 bits per heavy atom. The highest BCUT2D eigenvalue weighted by Crippen LogP contribution is 2.43. The molecule has 3 aromatic rings. The number of nitrogens with two attached hydrogens (primary N) is 1. The molecule has 0 unspecified atom stereocenters. The largest absolute Gasteiger partial charge is 0.496 e. The summed E-state index contributed by atoms with van der Waals surface area (Å²) in [7, 11) is 1.55. The Hall–Kier alpha value is -4.38. The SMILES string of the molecule is COc1ccccc1[C@@H]1C(C#N)=C(N)Oc2cc(C)n(Cc3ccc4c(c3)OCO4)c(=O)c21. The van der Waals surface area contributed by atoms with Gasteiger partial charge in [-0.15, -0.1) is 0 Å². The number of para-hydroxylation sites is 1. The topological polar surface area (TPSA) is 109 Å². The van der Waals surface area contributed by atoms with Crippen LogP contribution in [0, 0.1) is 18.3 Å². The van der Waals surface area contributed by atoms with Crippen LogP contribution < -0.4 is 30.2 Å². The van der Waals surface area contributed by atoms with Crippen molar-refractivity contribution in [2.45, 2.75) is 19.4 Å². The molecule has 0 amide bonds. The van der Waals surface area contributed by atoms with Gasteiger partial charge in [0.1, 0.15) is 23.1 Å². The van der Waals surface area contributed by atoms with Crippen molar-refractivity contribution in [3.63, 3.8) is 0 Å². The van der Waals surface area contributed by atoms with Crippen LogP contribution in [0.1, 0.15) is 28.3 Å². The van der Waals surface area contributed by atoms with Crippen LogP contribution in [0.15, 0.2) is 64.8 Å². The van der Waals surface area contributed by atoms with E-state index in [9.17, 15) is 10.1 Å². The summed E-state index contributed by atoms with van der Waals surface area (Å²) in [5, 5.41) is 9.88. The number of pyridine rings is 1. The summed E-state index contributed by atoms with van der Waals surface area (Å²) in [6.07, 6.45) is 0. The summed E-state index contributed by atoms with van der Waals surface area (Å²) in [6, 6.07) is 16.8. The molecular formula is C25H21N3O5. The Kier molecular flexibility index (Phi) is 4.94. The maximum atomic E-state index is 13.8. The average molecular weight is 443 g/mol. The first-order valence-corrected chi connectivity index (χ1v) is 10.3. The van der Waals surface area contributed by atoms with E-state index in [0.717, 1.165) is 5.56 Å². The molecule has 0 spiro atoms.